The second-order valence-electron chi connectivity index (χ2n) is 8.54. The minimum atomic E-state index is -0.797. The van der Waals surface area contributed by atoms with E-state index in [0.717, 1.165) is 21.2 Å². The second kappa shape index (κ2) is 10.7. The number of hydrogen-bond donors (Lipinski definition) is 4. The molecule has 7 nitrogen and oxygen atoms in total. The number of carbonyl (C=O) groups is 2. The lowest BCUT2D eigenvalue weighted by Crippen LogP contribution is -2.49. The SMILES string of the molecule is N=C(N)c1cccc(CC(NSc2ccc3ccccc3c2)C(=O)N2CCC(C(=O)O)CC2)c1. The number of nitrogens with two attached hydrogens (primary N) is 1. The van der Waals surface area contributed by atoms with Gasteiger partial charge in [-0.05, 0) is 65.7 Å². The predicted molar refractivity (Wildman–Crippen MR) is 135 cm³/mol. The highest BCUT2D eigenvalue weighted by Gasteiger charge is 2.31. The van der Waals surface area contributed by atoms with Gasteiger partial charge in [0.05, 0.1) is 5.92 Å². The Labute approximate surface area is 203 Å². The van der Waals surface area contributed by atoms with Crippen molar-refractivity contribution in [3.63, 3.8) is 0 Å². The van der Waals surface area contributed by atoms with E-state index in [1.165, 1.54) is 11.9 Å². The molecule has 5 N–H and O–H groups in total. The fourth-order valence-electron chi connectivity index (χ4n) is 4.22. The van der Waals surface area contributed by atoms with Crippen LogP contribution in [0.1, 0.15) is 24.0 Å². The molecule has 1 saturated heterocycles. The molecule has 34 heavy (non-hydrogen) atoms. The summed E-state index contributed by atoms with van der Waals surface area (Å²) in [5, 5.41) is 19.3. The van der Waals surface area contributed by atoms with Crippen LogP contribution in [-0.4, -0.2) is 46.8 Å². The molecule has 0 aromatic heterocycles. The Bertz CT molecular complexity index is 1210. The van der Waals surface area contributed by atoms with E-state index < -0.39 is 17.9 Å². The highest BCUT2D eigenvalue weighted by atomic mass is 32.2. The van der Waals surface area contributed by atoms with Crippen LogP contribution < -0.4 is 10.5 Å². The molecule has 176 valence electrons. The van der Waals surface area contributed by atoms with Gasteiger partial charge in [-0.15, -0.1) is 0 Å². The van der Waals surface area contributed by atoms with Crippen molar-refractivity contribution < 1.29 is 14.7 Å². The van der Waals surface area contributed by atoms with Crippen LogP contribution in [0.3, 0.4) is 0 Å². The lowest BCUT2D eigenvalue weighted by molar-refractivity contribution is -0.146. The Morgan fingerprint density at radius 2 is 1.79 bits per heavy atom. The average molecular weight is 477 g/mol. The van der Waals surface area contributed by atoms with E-state index in [4.69, 9.17) is 11.1 Å². The Balaban J connectivity index is 1.51. The number of likely N-dealkylation sites (tertiary alicyclic amines) is 1. The van der Waals surface area contributed by atoms with Crippen LogP contribution in [0.4, 0.5) is 0 Å². The Hall–Kier alpha value is -3.36. The molecule has 0 saturated carbocycles. The summed E-state index contributed by atoms with van der Waals surface area (Å²) in [5.41, 5.74) is 7.17. The zero-order chi connectivity index (χ0) is 24.1. The van der Waals surface area contributed by atoms with Crippen molar-refractivity contribution in [3.8, 4) is 0 Å². The largest absolute Gasteiger partial charge is 0.481 e. The fourth-order valence-corrected chi connectivity index (χ4v) is 5.00. The number of fused-ring (bicyclic) bond motifs is 1. The van der Waals surface area contributed by atoms with E-state index >= 15 is 0 Å². The summed E-state index contributed by atoms with van der Waals surface area (Å²) in [5.74, 6) is -1.26. The maximum absolute atomic E-state index is 13.5. The van der Waals surface area contributed by atoms with E-state index in [-0.39, 0.29) is 11.7 Å². The molecule has 0 bridgehead atoms. The van der Waals surface area contributed by atoms with E-state index in [9.17, 15) is 14.7 Å². The number of piperidine rings is 1. The van der Waals surface area contributed by atoms with Gasteiger partial charge in [0.15, 0.2) is 0 Å². The quantitative estimate of drug-likeness (QED) is 0.224. The standard InChI is InChI=1S/C26H28N4O3S/c27-24(28)21-7-3-4-17(14-21)15-23(25(31)30-12-10-19(11-13-30)26(32)33)29-34-22-9-8-18-5-1-2-6-20(18)16-22/h1-9,14,16,19,23,29H,10-13,15H2,(H3,27,28)(H,32,33). The van der Waals surface area contributed by atoms with Crippen molar-refractivity contribution in [2.45, 2.75) is 30.2 Å². The molecular formula is C26H28N4O3S. The highest BCUT2D eigenvalue weighted by Crippen LogP contribution is 2.24. The second-order valence-corrected chi connectivity index (χ2v) is 9.45. The first-order valence-electron chi connectivity index (χ1n) is 11.3. The molecule has 1 amide bonds. The molecule has 1 fully saturated rings. The van der Waals surface area contributed by atoms with Crippen LogP contribution in [0.25, 0.3) is 10.8 Å². The molecule has 1 aliphatic rings. The first-order valence-corrected chi connectivity index (χ1v) is 12.1. The molecule has 1 aliphatic heterocycles. The third-order valence-electron chi connectivity index (χ3n) is 6.17. The van der Waals surface area contributed by atoms with E-state index in [1.54, 1.807) is 11.0 Å². The first-order chi connectivity index (χ1) is 16.4. The molecule has 3 aromatic rings. The van der Waals surface area contributed by atoms with Gasteiger partial charge >= 0.3 is 5.97 Å². The van der Waals surface area contributed by atoms with Gasteiger partial charge in [0.2, 0.25) is 5.91 Å². The number of rotatable bonds is 8. The van der Waals surface area contributed by atoms with E-state index in [2.05, 4.69) is 29.0 Å². The van der Waals surface area contributed by atoms with Crippen molar-refractivity contribution in [1.82, 2.24) is 9.62 Å². The third kappa shape index (κ3) is 5.76. The Morgan fingerprint density at radius 1 is 1.06 bits per heavy atom. The van der Waals surface area contributed by atoms with E-state index in [1.807, 2.05) is 36.4 Å². The molecular weight excluding hydrogens is 448 g/mol. The van der Waals surface area contributed by atoms with Crippen LogP contribution in [-0.2, 0) is 16.0 Å². The molecule has 0 radical (unpaired) electrons. The summed E-state index contributed by atoms with van der Waals surface area (Å²) in [6.07, 6.45) is 1.36. The number of benzene rings is 3. The summed E-state index contributed by atoms with van der Waals surface area (Å²) >= 11 is 1.41. The first kappa shape index (κ1) is 23.8. The van der Waals surface area contributed by atoms with Crippen molar-refractivity contribution in [2.24, 2.45) is 11.7 Å². The topological polar surface area (TPSA) is 120 Å². The van der Waals surface area contributed by atoms with Crippen LogP contribution in [0.15, 0.2) is 71.6 Å². The lowest BCUT2D eigenvalue weighted by atomic mass is 9.96. The number of amidine groups is 1. The number of carboxylic acids is 1. The number of amides is 1. The van der Waals surface area contributed by atoms with Crippen LogP contribution in [0, 0.1) is 11.3 Å². The number of carboxylic acid groups (broad SMARTS) is 1. The van der Waals surface area contributed by atoms with Crippen molar-refractivity contribution in [2.75, 3.05) is 13.1 Å². The summed E-state index contributed by atoms with van der Waals surface area (Å²) in [7, 11) is 0. The number of aliphatic carboxylic acids is 1. The van der Waals surface area contributed by atoms with Gasteiger partial charge < -0.3 is 15.7 Å². The van der Waals surface area contributed by atoms with Gasteiger partial charge in [0, 0.05) is 23.5 Å². The van der Waals surface area contributed by atoms with E-state index in [0.29, 0.717) is 37.9 Å². The summed E-state index contributed by atoms with van der Waals surface area (Å²) in [6.45, 7) is 0.865. The lowest BCUT2D eigenvalue weighted by Gasteiger charge is -2.33. The molecule has 1 unspecified atom stereocenters. The van der Waals surface area contributed by atoms with Gasteiger partial charge in [-0.25, -0.2) is 4.72 Å². The normalized spacial score (nSPS) is 15.2. The summed E-state index contributed by atoms with van der Waals surface area (Å²) in [4.78, 5) is 27.5. The fraction of sp³-hybridized carbons (Fsp3) is 0.269. The van der Waals surface area contributed by atoms with Gasteiger partial charge in [-0.2, -0.15) is 0 Å². The zero-order valence-corrected chi connectivity index (χ0v) is 19.6. The van der Waals surface area contributed by atoms with Crippen molar-refractivity contribution >= 4 is 40.4 Å². The molecule has 8 heteroatoms. The van der Waals surface area contributed by atoms with Crippen LogP contribution >= 0.6 is 11.9 Å². The van der Waals surface area contributed by atoms with Crippen molar-refractivity contribution in [1.29, 1.82) is 5.41 Å². The number of nitrogens with zero attached hydrogens (tertiary/aromatic N) is 1. The molecule has 1 atom stereocenters. The minimum absolute atomic E-state index is 0.0148. The maximum atomic E-state index is 13.5. The van der Waals surface area contributed by atoms with Crippen LogP contribution in [0.5, 0.6) is 0 Å². The molecule has 1 heterocycles. The Morgan fingerprint density at radius 3 is 2.50 bits per heavy atom. The van der Waals surface area contributed by atoms with Gasteiger partial charge in [0.25, 0.3) is 0 Å². The molecule has 0 aliphatic carbocycles. The molecule has 4 rings (SSSR count). The number of nitrogens with one attached hydrogen (secondary N) is 2. The van der Waals surface area contributed by atoms with Gasteiger partial charge in [0.1, 0.15) is 11.9 Å². The van der Waals surface area contributed by atoms with Gasteiger partial charge in [-0.1, -0.05) is 48.5 Å². The average Bonchev–Trinajstić information content (AvgIpc) is 2.86. The van der Waals surface area contributed by atoms with Crippen molar-refractivity contribution in [3.05, 3.63) is 77.9 Å². The number of nitrogen functional groups attached to an aromatic ring is 1. The molecule has 3 aromatic carbocycles. The number of hydrogen-bond acceptors (Lipinski definition) is 5. The highest BCUT2D eigenvalue weighted by molar-refractivity contribution is 7.97. The molecule has 0 spiro atoms. The number of carbonyl (C=O) groups excluding carboxylic acids is 1. The summed E-state index contributed by atoms with van der Waals surface area (Å²) < 4.78 is 3.35. The monoisotopic (exact) mass is 476 g/mol. The Kier molecular flexibility index (Phi) is 7.49. The van der Waals surface area contributed by atoms with Gasteiger partial charge in [-0.3, -0.25) is 15.0 Å². The minimum Gasteiger partial charge on any atom is -0.481 e. The third-order valence-corrected chi connectivity index (χ3v) is 7.06. The smallest absolute Gasteiger partial charge is 0.306 e. The zero-order valence-electron chi connectivity index (χ0n) is 18.7. The van der Waals surface area contributed by atoms with Crippen LogP contribution in [0.2, 0.25) is 0 Å². The predicted octanol–water partition coefficient (Wildman–Crippen LogP) is 3.66. The summed E-state index contributed by atoms with van der Waals surface area (Å²) in [6, 6.07) is 21.1. The maximum Gasteiger partial charge on any atom is 0.306 e.